The summed E-state index contributed by atoms with van der Waals surface area (Å²) in [4.78, 5) is 22.4. The Hall–Kier alpha value is -3.29. The second-order valence-corrected chi connectivity index (χ2v) is 5.06. The van der Waals surface area contributed by atoms with Gasteiger partial charge in [-0.05, 0) is 48.0 Å². The highest BCUT2D eigenvalue weighted by molar-refractivity contribution is 5.91. The van der Waals surface area contributed by atoms with Crippen LogP contribution in [0.3, 0.4) is 0 Å². The van der Waals surface area contributed by atoms with E-state index in [1.807, 2.05) is 0 Å². The lowest BCUT2D eigenvalue weighted by molar-refractivity contribution is -0.153. The molecule has 0 aliphatic rings. The number of benzene rings is 2. The molecule has 0 saturated carbocycles. The number of hydrogen-bond donors (Lipinski definition) is 1. The molecule has 5 nitrogen and oxygen atoms in total. The summed E-state index contributed by atoms with van der Waals surface area (Å²) in [7, 11) is 0. The lowest BCUT2D eigenvalue weighted by atomic mass is 10.2. The van der Waals surface area contributed by atoms with E-state index < -0.39 is 24.7 Å². The maximum absolute atomic E-state index is 12.1. The Labute approximate surface area is 146 Å². The summed E-state index contributed by atoms with van der Waals surface area (Å²) in [6, 6.07) is 11.2. The molecule has 26 heavy (non-hydrogen) atoms. The highest BCUT2D eigenvalue weighted by Gasteiger charge is 2.28. The Kier molecular flexibility index (Phi) is 6.00. The SMILES string of the molecule is O=C(O)C=Cc1ccc(OC(=O)c2ccc(OCC(F)(F)F)cc2)cc1. The average molecular weight is 366 g/mol. The molecule has 0 aromatic heterocycles. The van der Waals surface area contributed by atoms with Crippen LogP contribution in [0.2, 0.25) is 0 Å². The lowest BCUT2D eigenvalue weighted by Gasteiger charge is -2.09. The normalized spacial score (nSPS) is 11.3. The first-order valence-corrected chi connectivity index (χ1v) is 7.26. The number of halogens is 3. The van der Waals surface area contributed by atoms with Gasteiger partial charge in [0.25, 0.3) is 0 Å². The van der Waals surface area contributed by atoms with Crippen LogP contribution in [0, 0.1) is 0 Å². The minimum Gasteiger partial charge on any atom is -0.484 e. The number of esters is 1. The van der Waals surface area contributed by atoms with Crippen molar-refractivity contribution in [3.8, 4) is 11.5 Å². The summed E-state index contributed by atoms with van der Waals surface area (Å²) in [5, 5.41) is 8.55. The minimum atomic E-state index is -4.44. The van der Waals surface area contributed by atoms with Crippen molar-refractivity contribution < 1.29 is 37.3 Å². The van der Waals surface area contributed by atoms with Crippen LogP contribution in [0.1, 0.15) is 15.9 Å². The minimum absolute atomic E-state index is 0.0200. The predicted octanol–water partition coefficient (Wildman–Crippen LogP) is 3.94. The molecular formula is C18H13F3O5. The molecular weight excluding hydrogens is 353 g/mol. The molecule has 2 rings (SSSR count). The molecule has 0 radical (unpaired) electrons. The van der Waals surface area contributed by atoms with E-state index in [1.54, 1.807) is 12.1 Å². The fraction of sp³-hybridized carbons (Fsp3) is 0.111. The number of carbonyl (C=O) groups excluding carboxylic acids is 1. The topological polar surface area (TPSA) is 72.8 Å². The number of carbonyl (C=O) groups is 2. The first-order chi connectivity index (χ1) is 12.2. The molecule has 1 N–H and O–H groups in total. The molecule has 0 aliphatic heterocycles. The Balaban J connectivity index is 1.96. The van der Waals surface area contributed by atoms with E-state index in [2.05, 4.69) is 4.74 Å². The molecule has 0 aliphatic carbocycles. The van der Waals surface area contributed by atoms with Crippen molar-refractivity contribution >= 4 is 18.0 Å². The van der Waals surface area contributed by atoms with E-state index in [-0.39, 0.29) is 17.1 Å². The van der Waals surface area contributed by atoms with Gasteiger partial charge in [-0.15, -0.1) is 0 Å². The number of carboxylic acids is 1. The summed E-state index contributed by atoms with van der Waals surface area (Å²) in [5.74, 6) is -1.56. The van der Waals surface area contributed by atoms with Crippen molar-refractivity contribution in [2.24, 2.45) is 0 Å². The number of carboxylic acid groups (broad SMARTS) is 1. The third-order valence-corrected chi connectivity index (χ3v) is 3.00. The average Bonchev–Trinajstić information content (AvgIpc) is 2.59. The fourth-order valence-corrected chi connectivity index (χ4v) is 1.83. The van der Waals surface area contributed by atoms with E-state index in [0.29, 0.717) is 5.56 Å². The Morgan fingerprint density at radius 3 is 2.08 bits per heavy atom. The molecule has 136 valence electrons. The molecule has 2 aromatic rings. The Morgan fingerprint density at radius 1 is 0.962 bits per heavy atom. The van der Waals surface area contributed by atoms with Gasteiger partial charge in [0, 0.05) is 6.08 Å². The second-order valence-electron chi connectivity index (χ2n) is 5.06. The van der Waals surface area contributed by atoms with Gasteiger partial charge in [0.1, 0.15) is 11.5 Å². The van der Waals surface area contributed by atoms with Gasteiger partial charge in [-0.3, -0.25) is 0 Å². The molecule has 8 heteroatoms. The standard InChI is InChI=1S/C18H13F3O5/c19-18(20,21)11-25-14-8-4-13(5-9-14)17(24)26-15-6-1-12(2-7-15)3-10-16(22)23/h1-10H,11H2,(H,22,23). The predicted molar refractivity (Wildman–Crippen MR) is 86.1 cm³/mol. The highest BCUT2D eigenvalue weighted by Crippen LogP contribution is 2.20. The van der Waals surface area contributed by atoms with Crippen LogP contribution in [-0.2, 0) is 4.79 Å². The van der Waals surface area contributed by atoms with Crippen LogP contribution in [0.25, 0.3) is 6.08 Å². The van der Waals surface area contributed by atoms with Gasteiger partial charge in [0.15, 0.2) is 6.61 Å². The zero-order valence-electron chi connectivity index (χ0n) is 13.2. The molecule has 0 unspecified atom stereocenters. The van der Waals surface area contributed by atoms with Crippen LogP contribution in [0.5, 0.6) is 11.5 Å². The van der Waals surface area contributed by atoms with Crippen molar-refractivity contribution in [1.82, 2.24) is 0 Å². The maximum atomic E-state index is 12.1. The van der Waals surface area contributed by atoms with E-state index in [4.69, 9.17) is 9.84 Å². The Morgan fingerprint density at radius 2 is 1.54 bits per heavy atom. The molecule has 2 aromatic carbocycles. The molecule has 0 spiro atoms. The van der Waals surface area contributed by atoms with E-state index in [1.165, 1.54) is 42.5 Å². The smallest absolute Gasteiger partial charge is 0.422 e. The molecule has 0 amide bonds. The van der Waals surface area contributed by atoms with Crippen molar-refractivity contribution in [3.63, 3.8) is 0 Å². The number of rotatable bonds is 6. The van der Waals surface area contributed by atoms with Gasteiger partial charge in [-0.1, -0.05) is 12.1 Å². The van der Waals surface area contributed by atoms with E-state index >= 15 is 0 Å². The zero-order valence-corrected chi connectivity index (χ0v) is 13.2. The third-order valence-electron chi connectivity index (χ3n) is 3.00. The van der Waals surface area contributed by atoms with Crippen molar-refractivity contribution in [1.29, 1.82) is 0 Å². The number of aliphatic carboxylic acids is 1. The van der Waals surface area contributed by atoms with Crippen LogP contribution >= 0.6 is 0 Å². The number of alkyl halides is 3. The van der Waals surface area contributed by atoms with Crippen LogP contribution in [0.15, 0.2) is 54.6 Å². The first kappa shape index (κ1) is 19.0. The van der Waals surface area contributed by atoms with Gasteiger partial charge in [0.2, 0.25) is 0 Å². The molecule has 0 saturated heterocycles. The van der Waals surface area contributed by atoms with Gasteiger partial charge in [-0.2, -0.15) is 13.2 Å². The van der Waals surface area contributed by atoms with Gasteiger partial charge >= 0.3 is 18.1 Å². The molecule has 0 bridgehead atoms. The van der Waals surface area contributed by atoms with Crippen LogP contribution in [-0.4, -0.2) is 29.8 Å². The molecule has 0 heterocycles. The zero-order chi connectivity index (χ0) is 19.2. The lowest BCUT2D eigenvalue weighted by Crippen LogP contribution is -2.19. The monoisotopic (exact) mass is 366 g/mol. The second kappa shape index (κ2) is 8.19. The molecule has 0 atom stereocenters. The summed E-state index contributed by atoms with van der Waals surface area (Å²) >= 11 is 0. The summed E-state index contributed by atoms with van der Waals surface area (Å²) in [5.41, 5.74) is 0.748. The van der Waals surface area contributed by atoms with Gasteiger partial charge in [0.05, 0.1) is 5.56 Å². The fourth-order valence-electron chi connectivity index (χ4n) is 1.83. The van der Waals surface area contributed by atoms with Crippen LogP contribution in [0.4, 0.5) is 13.2 Å². The quantitative estimate of drug-likeness (QED) is 0.476. The van der Waals surface area contributed by atoms with Crippen molar-refractivity contribution in [3.05, 3.63) is 65.7 Å². The Bertz CT molecular complexity index is 793. The highest BCUT2D eigenvalue weighted by atomic mass is 19.4. The molecule has 0 fully saturated rings. The first-order valence-electron chi connectivity index (χ1n) is 7.26. The maximum Gasteiger partial charge on any atom is 0.422 e. The number of hydrogen-bond acceptors (Lipinski definition) is 4. The summed E-state index contributed by atoms with van der Waals surface area (Å²) in [6.07, 6.45) is -2.08. The number of ether oxygens (including phenoxy) is 2. The van der Waals surface area contributed by atoms with Crippen molar-refractivity contribution in [2.45, 2.75) is 6.18 Å². The van der Waals surface area contributed by atoms with E-state index in [9.17, 15) is 22.8 Å². The third kappa shape index (κ3) is 6.31. The van der Waals surface area contributed by atoms with Crippen LogP contribution < -0.4 is 9.47 Å². The largest absolute Gasteiger partial charge is 0.484 e. The van der Waals surface area contributed by atoms with Gasteiger partial charge < -0.3 is 14.6 Å². The van der Waals surface area contributed by atoms with E-state index in [0.717, 1.165) is 6.08 Å². The van der Waals surface area contributed by atoms with Crippen molar-refractivity contribution in [2.75, 3.05) is 6.61 Å². The van der Waals surface area contributed by atoms with Gasteiger partial charge in [-0.25, -0.2) is 9.59 Å². The summed E-state index contributed by atoms with van der Waals surface area (Å²) in [6.45, 7) is -1.42. The summed E-state index contributed by atoms with van der Waals surface area (Å²) < 4.78 is 45.9.